The van der Waals surface area contributed by atoms with Crippen molar-refractivity contribution in [3.8, 4) is 33.5 Å². The zero-order valence-electron chi connectivity index (χ0n) is 23.7. The molecule has 1 amide bonds. The summed E-state index contributed by atoms with van der Waals surface area (Å²) >= 11 is 1.58. The minimum absolute atomic E-state index is 0.0835. The number of likely N-dealkylation sites (tertiary alicyclic amines) is 1. The lowest BCUT2D eigenvalue weighted by Crippen LogP contribution is -2.27. The Kier molecular flexibility index (Phi) is 7.05. The molecule has 0 unspecified atom stereocenters. The van der Waals surface area contributed by atoms with E-state index in [9.17, 15) is 9.59 Å². The van der Waals surface area contributed by atoms with Gasteiger partial charge in [-0.2, -0.15) is 10.1 Å². The van der Waals surface area contributed by atoms with Gasteiger partial charge in [-0.3, -0.25) is 9.59 Å². The summed E-state index contributed by atoms with van der Waals surface area (Å²) in [6, 6.07) is 16.6. The Morgan fingerprint density at radius 1 is 1.05 bits per heavy atom. The predicted molar refractivity (Wildman–Crippen MR) is 159 cm³/mol. The molecule has 11 nitrogen and oxygen atoms in total. The van der Waals surface area contributed by atoms with Crippen molar-refractivity contribution in [1.29, 1.82) is 0 Å². The first-order valence-electron chi connectivity index (χ1n) is 14.3. The van der Waals surface area contributed by atoms with Crippen LogP contribution in [0.2, 0.25) is 0 Å². The maximum absolute atomic E-state index is 12.5. The number of carbonyl (C=O) groups excluding carboxylic acids is 1. The number of carbonyl (C=O) groups is 1. The van der Waals surface area contributed by atoms with E-state index >= 15 is 0 Å². The summed E-state index contributed by atoms with van der Waals surface area (Å²) in [5.41, 5.74) is 2.16. The van der Waals surface area contributed by atoms with Crippen LogP contribution in [0, 0.1) is 0 Å². The number of hydrogen-bond acceptors (Lipinski definition) is 10. The molecule has 1 saturated carbocycles. The average molecular weight is 596 g/mol. The summed E-state index contributed by atoms with van der Waals surface area (Å²) in [6.07, 6.45) is 4.11. The van der Waals surface area contributed by atoms with Gasteiger partial charge in [0.25, 0.3) is 11.4 Å². The Morgan fingerprint density at radius 3 is 2.60 bits per heavy atom. The van der Waals surface area contributed by atoms with E-state index in [2.05, 4.69) is 39.3 Å². The van der Waals surface area contributed by atoms with Gasteiger partial charge >= 0.3 is 0 Å². The number of amides is 1. The van der Waals surface area contributed by atoms with Gasteiger partial charge in [-0.15, -0.1) is 10.2 Å². The maximum atomic E-state index is 12.5. The second-order valence-electron chi connectivity index (χ2n) is 11.2. The summed E-state index contributed by atoms with van der Waals surface area (Å²) in [5, 5.41) is 18.9. The van der Waals surface area contributed by atoms with Crippen molar-refractivity contribution in [2.45, 2.75) is 57.5 Å². The Morgan fingerprint density at radius 2 is 1.86 bits per heavy atom. The van der Waals surface area contributed by atoms with Crippen molar-refractivity contribution < 1.29 is 14.1 Å². The van der Waals surface area contributed by atoms with Crippen LogP contribution >= 0.6 is 11.3 Å². The first-order valence-corrected chi connectivity index (χ1v) is 15.1. The topological polar surface area (TPSA) is 129 Å². The highest BCUT2D eigenvalue weighted by atomic mass is 32.1. The number of ether oxygens (including phenoxy) is 1. The zero-order chi connectivity index (χ0) is 29.5. The average Bonchev–Trinajstić information content (AvgIpc) is 3.36. The molecule has 43 heavy (non-hydrogen) atoms. The molecule has 1 atom stereocenters. The number of nitrogens with zero attached hydrogens (tertiary/aromatic N) is 7. The number of rotatable bonds is 9. The van der Waals surface area contributed by atoms with Crippen molar-refractivity contribution in [2.24, 2.45) is 0 Å². The van der Waals surface area contributed by atoms with Gasteiger partial charge in [0.2, 0.25) is 5.91 Å². The third-order valence-corrected chi connectivity index (χ3v) is 8.91. The molecular weight excluding hydrogens is 566 g/mol. The molecule has 0 spiro atoms. The minimum atomic E-state index is -0.215. The molecule has 0 bridgehead atoms. The predicted octanol–water partition coefficient (Wildman–Crippen LogP) is 5.25. The molecule has 2 fully saturated rings. The van der Waals surface area contributed by atoms with Gasteiger partial charge in [0.15, 0.2) is 5.82 Å². The van der Waals surface area contributed by atoms with Gasteiger partial charge in [-0.25, -0.2) is 4.68 Å². The van der Waals surface area contributed by atoms with Crippen molar-refractivity contribution in [3.05, 3.63) is 87.5 Å². The van der Waals surface area contributed by atoms with Crippen LogP contribution in [0.15, 0.2) is 70.1 Å². The number of hydrogen-bond donors (Lipinski definition) is 0. The number of benzene rings is 2. The van der Waals surface area contributed by atoms with Gasteiger partial charge in [0.1, 0.15) is 21.5 Å². The lowest BCUT2D eigenvalue weighted by molar-refractivity contribution is -0.128. The maximum Gasteiger partial charge on any atom is 0.267 e. The van der Waals surface area contributed by atoms with Crippen LogP contribution in [0.5, 0.6) is 11.5 Å². The minimum Gasteiger partial charge on any atom is -0.457 e. The Hall–Kier alpha value is -4.71. The molecule has 12 heteroatoms. The normalized spacial score (nSPS) is 16.8. The monoisotopic (exact) mass is 595 g/mol. The van der Waals surface area contributed by atoms with E-state index < -0.39 is 0 Å². The van der Waals surface area contributed by atoms with Gasteiger partial charge in [-0.1, -0.05) is 36.4 Å². The first-order chi connectivity index (χ1) is 20.9. The lowest BCUT2D eigenvalue weighted by atomic mass is 10.1. The molecular formula is C31H29N7O4S. The van der Waals surface area contributed by atoms with Crippen molar-refractivity contribution >= 4 is 17.2 Å². The van der Waals surface area contributed by atoms with E-state index in [1.165, 1.54) is 10.7 Å². The van der Waals surface area contributed by atoms with E-state index in [0.717, 1.165) is 34.0 Å². The largest absolute Gasteiger partial charge is 0.457 e. The SMILES string of the molecule is CC(C)c1nnc(-c2ccc(Oc3cc(-c4nc([C@H]5CC(=O)N(C6CC6)C5)no4)ccc3Cn3ncccc3=O)cc2)s1. The summed E-state index contributed by atoms with van der Waals surface area (Å²) < 4.78 is 13.4. The Labute approximate surface area is 251 Å². The summed E-state index contributed by atoms with van der Waals surface area (Å²) in [5.74, 6) is 2.40. The molecule has 1 saturated heterocycles. The molecule has 1 aliphatic heterocycles. The molecule has 3 aromatic heterocycles. The van der Waals surface area contributed by atoms with E-state index in [1.54, 1.807) is 23.6 Å². The molecule has 7 rings (SSSR count). The van der Waals surface area contributed by atoms with Crippen LogP contribution in [-0.4, -0.2) is 53.5 Å². The molecule has 0 N–H and O–H groups in total. The fourth-order valence-electron chi connectivity index (χ4n) is 5.12. The highest BCUT2D eigenvalue weighted by molar-refractivity contribution is 7.14. The fourth-order valence-corrected chi connectivity index (χ4v) is 5.97. The second-order valence-corrected chi connectivity index (χ2v) is 12.2. The van der Waals surface area contributed by atoms with Crippen LogP contribution in [-0.2, 0) is 11.3 Å². The van der Waals surface area contributed by atoms with Gasteiger partial charge in [0.05, 0.1) is 6.54 Å². The Bertz CT molecular complexity index is 1840. The summed E-state index contributed by atoms with van der Waals surface area (Å²) in [4.78, 5) is 31.5. The molecule has 1 aliphatic carbocycles. The molecule has 4 heterocycles. The van der Waals surface area contributed by atoms with E-state index in [0.29, 0.717) is 53.7 Å². The lowest BCUT2D eigenvalue weighted by Gasteiger charge is -2.14. The Balaban J connectivity index is 1.16. The van der Waals surface area contributed by atoms with Gasteiger partial charge in [-0.05, 0) is 55.3 Å². The van der Waals surface area contributed by atoms with E-state index in [-0.39, 0.29) is 23.9 Å². The van der Waals surface area contributed by atoms with E-state index in [1.807, 2.05) is 47.4 Å². The summed E-state index contributed by atoms with van der Waals surface area (Å²) in [6.45, 7) is 5.03. The third kappa shape index (κ3) is 5.70. The van der Waals surface area contributed by atoms with Gasteiger partial charge in [0, 0.05) is 59.8 Å². The molecule has 2 aliphatic rings. The highest BCUT2D eigenvalue weighted by Gasteiger charge is 2.41. The highest BCUT2D eigenvalue weighted by Crippen LogP contribution is 2.37. The first kappa shape index (κ1) is 27.1. The van der Waals surface area contributed by atoms with Crippen molar-refractivity contribution in [3.63, 3.8) is 0 Å². The standard InChI is InChI=1S/C31H29N7O4S/c1-18(2)30-34-35-31(43-30)19-7-11-24(12-8-19)41-25-14-20(5-6-21(25)17-38-26(39)4-3-13-32-38)29-33-28(36-42-29)22-15-27(40)37(16-22)23-9-10-23/h3-8,11-14,18,22-23H,9-10,15-17H2,1-2H3/t22-/m0/s1. The van der Waals surface area contributed by atoms with Crippen LogP contribution < -0.4 is 10.3 Å². The van der Waals surface area contributed by atoms with Crippen LogP contribution in [0.1, 0.15) is 61.3 Å². The van der Waals surface area contributed by atoms with Crippen LogP contribution in [0.3, 0.4) is 0 Å². The van der Waals surface area contributed by atoms with E-state index in [4.69, 9.17) is 9.26 Å². The zero-order valence-corrected chi connectivity index (χ0v) is 24.5. The smallest absolute Gasteiger partial charge is 0.267 e. The molecule has 0 radical (unpaired) electrons. The van der Waals surface area contributed by atoms with Crippen LogP contribution in [0.4, 0.5) is 0 Å². The molecule has 2 aromatic carbocycles. The molecule has 218 valence electrons. The van der Waals surface area contributed by atoms with Gasteiger partial charge < -0.3 is 14.2 Å². The fraction of sp³-hybridized carbons (Fsp3) is 0.323. The third-order valence-electron chi connectivity index (χ3n) is 7.64. The van der Waals surface area contributed by atoms with Crippen LogP contribution in [0.25, 0.3) is 22.0 Å². The quantitative estimate of drug-likeness (QED) is 0.224. The molecule has 5 aromatic rings. The number of aromatic nitrogens is 6. The summed E-state index contributed by atoms with van der Waals surface area (Å²) in [7, 11) is 0. The van der Waals surface area contributed by atoms with Crippen molar-refractivity contribution in [2.75, 3.05) is 6.54 Å². The second kappa shape index (κ2) is 11.2. The van der Waals surface area contributed by atoms with Crippen molar-refractivity contribution in [1.82, 2.24) is 35.0 Å².